The molecule has 0 saturated carbocycles. The van der Waals surface area contributed by atoms with Gasteiger partial charge in [-0.05, 0) is 50.1 Å². The fourth-order valence-corrected chi connectivity index (χ4v) is 6.89. The lowest BCUT2D eigenvalue weighted by Gasteiger charge is -2.23. The first kappa shape index (κ1) is 20.1. The molecular formula is C23H35NP+. The Bertz CT molecular complexity index is 528. The number of unbranched alkanes of at least 4 members (excludes halogenated alkanes) is 7. The lowest BCUT2D eigenvalue weighted by molar-refractivity contribution is 0.579. The molecule has 2 heteroatoms. The third kappa shape index (κ3) is 6.57. The van der Waals surface area contributed by atoms with Gasteiger partial charge < -0.3 is 5.73 Å². The molecule has 25 heavy (non-hydrogen) atoms. The minimum absolute atomic E-state index is 0.848. The van der Waals surface area contributed by atoms with Gasteiger partial charge in [-0.25, -0.2) is 0 Å². The van der Waals surface area contributed by atoms with Crippen LogP contribution in [0.15, 0.2) is 60.7 Å². The van der Waals surface area contributed by atoms with E-state index in [1.54, 1.807) is 10.6 Å². The molecule has 0 aliphatic rings. The first-order valence-electron chi connectivity index (χ1n) is 9.94. The van der Waals surface area contributed by atoms with Gasteiger partial charge in [0.05, 0.1) is 30.7 Å². The average molecular weight is 357 g/mol. The molecule has 2 aromatic rings. The molecule has 0 fully saturated rings. The van der Waals surface area contributed by atoms with Crippen LogP contribution in [0.3, 0.4) is 0 Å². The third-order valence-electron chi connectivity index (χ3n) is 5.21. The molecule has 0 radical (unpaired) electrons. The maximum Gasteiger partial charge on any atom is 0.0988 e. The predicted molar refractivity (Wildman–Crippen MR) is 116 cm³/mol. The number of rotatable bonds is 12. The van der Waals surface area contributed by atoms with Crippen molar-refractivity contribution in [3.63, 3.8) is 0 Å². The van der Waals surface area contributed by atoms with Crippen LogP contribution in [0.4, 0.5) is 0 Å². The summed E-state index contributed by atoms with van der Waals surface area (Å²) in [7, 11) is -1.26. The Morgan fingerprint density at radius 2 is 1.00 bits per heavy atom. The summed E-state index contributed by atoms with van der Waals surface area (Å²) in [6.07, 6.45) is 12.0. The van der Waals surface area contributed by atoms with Crippen LogP contribution in [0, 0.1) is 0 Å². The molecule has 1 nitrogen and oxygen atoms in total. The normalized spacial score (nSPS) is 11.6. The summed E-state index contributed by atoms with van der Waals surface area (Å²) in [5.74, 6) is 0. The number of benzene rings is 2. The Balaban J connectivity index is 1.84. The highest BCUT2D eigenvalue weighted by Gasteiger charge is 2.36. The van der Waals surface area contributed by atoms with Gasteiger partial charge in [0.2, 0.25) is 0 Å². The second-order valence-corrected chi connectivity index (χ2v) is 11.1. The summed E-state index contributed by atoms with van der Waals surface area (Å²) in [4.78, 5) is 0. The average Bonchev–Trinajstić information content (AvgIpc) is 2.68. The number of hydrogen-bond donors (Lipinski definition) is 1. The second kappa shape index (κ2) is 11.4. The summed E-state index contributed by atoms with van der Waals surface area (Å²) < 4.78 is 0. The van der Waals surface area contributed by atoms with Crippen LogP contribution >= 0.6 is 7.26 Å². The summed E-state index contributed by atoms with van der Waals surface area (Å²) in [6, 6.07) is 22.4. The molecule has 0 amide bonds. The van der Waals surface area contributed by atoms with Crippen molar-refractivity contribution in [3.8, 4) is 0 Å². The Morgan fingerprint density at radius 3 is 1.44 bits per heavy atom. The largest absolute Gasteiger partial charge is 0.330 e. The molecule has 0 heterocycles. The molecule has 2 rings (SSSR count). The number of nitrogens with two attached hydrogens (primary N) is 1. The van der Waals surface area contributed by atoms with E-state index in [0.717, 1.165) is 6.54 Å². The SMILES string of the molecule is C[P+](CCCCCCCCCCN)(c1ccccc1)c1ccccc1. The number of hydrogen-bond acceptors (Lipinski definition) is 1. The molecule has 0 bridgehead atoms. The molecular weight excluding hydrogens is 321 g/mol. The van der Waals surface area contributed by atoms with Gasteiger partial charge in [0.25, 0.3) is 0 Å². The van der Waals surface area contributed by atoms with E-state index >= 15 is 0 Å². The van der Waals surface area contributed by atoms with Gasteiger partial charge in [0.15, 0.2) is 0 Å². The van der Waals surface area contributed by atoms with Gasteiger partial charge >= 0.3 is 0 Å². The maximum absolute atomic E-state index is 5.55. The van der Waals surface area contributed by atoms with E-state index in [0.29, 0.717) is 0 Å². The van der Waals surface area contributed by atoms with E-state index in [4.69, 9.17) is 5.73 Å². The molecule has 0 unspecified atom stereocenters. The van der Waals surface area contributed by atoms with Gasteiger partial charge in [-0.1, -0.05) is 68.5 Å². The van der Waals surface area contributed by atoms with Crippen LogP contribution < -0.4 is 16.3 Å². The first-order chi connectivity index (χ1) is 12.3. The van der Waals surface area contributed by atoms with E-state index in [1.165, 1.54) is 57.5 Å². The van der Waals surface area contributed by atoms with Crippen LogP contribution in [-0.2, 0) is 0 Å². The van der Waals surface area contributed by atoms with Crippen LogP contribution in [0.1, 0.15) is 51.4 Å². The van der Waals surface area contributed by atoms with Crippen molar-refractivity contribution in [1.29, 1.82) is 0 Å². The van der Waals surface area contributed by atoms with Crippen molar-refractivity contribution in [1.82, 2.24) is 0 Å². The monoisotopic (exact) mass is 356 g/mol. The van der Waals surface area contributed by atoms with Gasteiger partial charge in [0.1, 0.15) is 0 Å². The molecule has 0 saturated heterocycles. The maximum atomic E-state index is 5.55. The van der Waals surface area contributed by atoms with Gasteiger partial charge in [-0.3, -0.25) is 0 Å². The Labute approximate surface area is 155 Å². The van der Waals surface area contributed by atoms with E-state index in [1.807, 2.05) is 0 Å². The molecule has 0 aliphatic heterocycles. The zero-order valence-corrected chi connectivity index (χ0v) is 16.8. The summed E-state index contributed by atoms with van der Waals surface area (Å²) >= 11 is 0. The third-order valence-corrected chi connectivity index (χ3v) is 9.30. The van der Waals surface area contributed by atoms with E-state index in [2.05, 4.69) is 67.3 Å². The van der Waals surface area contributed by atoms with Crippen LogP contribution in [0.25, 0.3) is 0 Å². The zero-order chi connectivity index (χ0) is 17.8. The zero-order valence-electron chi connectivity index (χ0n) is 15.9. The van der Waals surface area contributed by atoms with Crippen molar-refractivity contribution in [3.05, 3.63) is 60.7 Å². The molecule has 0 atom stereocenters. The first-order valence-corrected chi connectivity index (χ1v) is 12.4. The summed E-state index contributed by atoms with van der Waals surface area (Å²) in [5, 5.41) is 3.09. The van der Waals surface area contributed by atoms with Crippen LogP contribution in [0.5, 0.6) is 0 Å². The van der Waals surface area contributed by atoms with E-state index < -0.39 is 7.26 Å². The van der Waals surface area contributed by atoms with Gasteiger partial charge in [-0.2, -0.15) is 0 Å². The highest BCUT2D eigenvalue weighted by Crippen LogP contribution is 2.53. The minimum Gasteiger partial charge on any atom is -0.330 e. The molecule has 0 aliphatic carbocycles. The topological polar surface area (TPSA) is 26.0 Å². The van der Waals surface area contributed by atoms with Crippen LogP contribution in [-0.4, -0.2) is 19.4 Å². The van der Waals surface area contributed by atoms with Crippen molar-refractivity contribution in [2.24, 2.45) is 5.73 Å². The summed E-state index contributed by atoms with van der Waals surface area (Å²) in [6.45, 7) is 3.37. The Morgan fingerprint density at radius 1 is 0.600 bits per heavy atom. The van der Waals surface area contributed by atoms with Crippen LogP contribution in [0.2, 0.25) is 0 Å². The fraction of sp³-hybridized carbons (Fsp3) is 0.478. The highest BCUT2D eigenvalue weighted by molar-refractivity contribution is 7.88. The fourth-order valence-electron chi connectivity index (χ4n) is 3.55. The molecule has 0 spiro atoms. The highest BCUT2D eigenvalue weighted by atomic mass is 31.2. The lowest BCUT2D eigenvalue weighted by atomic mass is 10.1. The van der Waals surface area contributed by atoms with Gasteiger partial charge in [-0.15, -0.1) is 0 Å². The van der Waals surface area contributed by atoms with Crippen molar-refractivity contribution < 1.29 is 0 Å². The van der Waals surface area contributed by atoms with E-state index in [-0.39, 0.29) is 0 Å². The second-order valence-electron chi connectivity index (χ2n) is 7.20. The Hall–Kier alpha value is -1.17. The smallest absolute Gasteiger partial charge is 0.0988 e. The standard InChI is InChI=1S/C23H35NP/c1-25(22-16-10-8-11-17-22,23-18-12-9-13-19-23)21-15-7-5-3-2-4-6-14-20-24/h8-13,16-19H,2-7,14-15,20-21,24H2,1H3/q+1. The van der Waals surface area contributed by atoms with Crippen molar-refractivity contribution >= 4 is 17.9 Å². The Kier molecular flexibility index (Phi) is 9.22. The molecule has 0 aromatic heterocycles. The predicted octanol–water partition coefficient (Wildman–Crippen LogP) is 5.36. The molecule has 2 aromatic carbocycles. The summed E-state index contributed by atoms with van der Waals surface area (Å²) in [5.41, 5.74) is 5.55. The van der Waals surface area contributed by atoms with E-state index in [9.17, 15) is 0 Å². The lowest BCUT2D eigenvalue weighted by Crippen LogP contribution is -2.23. The van der Waals surface area contributed by atoms with Gasteiger partial charge in [0, 0.05) is 0 Å². The quantitative estimate of drug-likeness (QED) is 0.402. The molecule has 136 valence electrons. The minimum atomic E-state index is -1.26. The molecule has 2 N–H and O–H groups in total. The van der Waals surface area contributed by atoms with Crippen molar-refractivity contribution in [2.45, 2.75) is 51.4 Å². The van der Waals surface area contributed by atoms with Crippen molar-refractivity contribution in [2.75, 3.05) is 19.4 Å².